The zero-order chi connectivity index (χ0) is 19.1. The summed E-state index contributed by atoms with van der Waals surface area (Å²) in [7, 11) is -3.50. The van der Waals surface area contributed by atoms with Crippen molar-refractivity contribution in [1.29, 1.82) is 0 Å². The molecule has 0 saturated carbocycles. The van der Waals surface area contributed by atoms with Crippen LogP contribution in [0.2, 0.25) is 0 Å². The number of furan rings is 1. The SMILES string of the molecule is Cc1oc2c(C)c3oc(=O)cc(COCCOS(C)(=O)=O)c3cc2c1C. The van der Waals surface area contributed by atoms with E-state index in [0.717, 1.165) is 33.9 Å². The van der Waals surface area contributed by atoms with Crippen LogP contribution >= 0.6 is 0 Å². The highest BCUT2D eigenvalue weighted by molar-refractivity contribution is 7.85. The van der Waals surface area contributed by atoms with Crippen LogP contribution in [-0.4, -0.2) is 27.9 Å². The fourth-order valence-electron chi connectivity index (χ4n) is 2.88. The van der Waals surface area contributed by atoms with E-state index in [0.29, 0.717) is 16.7 Å². The molecule has 26 heavy (non-hydrogen) atoms. The molecule has 1 aromatic carbocycles. The minimum absolute atomic E-state index is 0.0818. The first-order valence-electron chi connectivity index (χ1n) is 8.05. The Kier molecular flexibility index (Phi) is 4.92. The summed E-state index contributed by atoms with van der Waals surface area (Å²) >= 11 is 0. The van der Waals surface area contributed by atoms with Crippen LogP contribution < -0.4 is 5.63 Å². The van der Waals surface area contributed by atoms with Gasteiger partial charge in [0.25, 0.3) is 10.1 Å². The molecule has 0 N–H and O–H groups in total. The van der Waals surface area contributed by atoms with Crippen molar-refractivity contribution in [2.45, 2.75) is 27.4 Å². The molecule has 140 valence electrons. The summed E-state index contributed by atoms with van der Waals surface area (Å²) in [6, 6.07) is 3.31. The molecule has 0 spiro atoms. The van der Waals surface area contributed by atoms with Crippen LogP contribution in [0.1, 0.15) is 22.5 Å². The molecule has 0 atom stereocenters. The zero-order valence-electron chi connectivity index (χ0n) is 15.0. The van der Waals surface area contributed by atoms with Crippen LogP contribution in [-0.2, 0) is 25.6 Å². The maximum absolute atomic E-state index is 11.9. The lowest BCUT2D eigenvalue weighted by atomic mass is 10.0. The molecule has 2 heterocycles. The van der Waals surface area contributed by atoms with Gasteiger partial charge >= 0.3 is 5.63 Å². The van der Waals surface area contributed by atoms with E-state index in [2.05, 4.69) is 4.18 Å². The predicted molar refractivity (Wildman–Crippen MR) is 96.9 cm³/mol. The van der Waals surface area contributed by atoms with E-state index in [1.807, 2.05) is 26.8 Å². The van der Waals surface area contributed by atoms with Gasteiger partial charge in [-0.2, -0.15) is 8.42 Å². The van der Waals surface area contributed by atoms with Gasteiger partial charge in [0, 0.05) is 22.4 Å². The highest BCUT2D eigenvalue weighted by atomic mass is 32.2. The largest absolute Gasteiger partial charge is 0.461 e. The maximum atomic E-state index is 11.9. The van der Waals surface area contributed by atoms with E-state index in [1.54, 1.807) is 0 Å². The quantitative estimate of drug-likeness (QED) is 0.368. The smallest absolute Gasteiger partial charge is 0.336 e. The van der Waals surface area contributed by atoms with Crippen molar-refractivity contribution in [3.63, 3.8) is 0 Å². The number of ether oxygens (including phenoxy) is 1. The number of rotatable bonds is 6. The lowest BCUT2D eigenvalue weighted by molar-refractivity contribution is 0.0915. The molecular formula is C18H20O7S. The minimum Gasteiger partial charge on any atom is -0.461 e. The van der Waals surface area contributed by atoms with Crippen LogP contribution in [0.4, 0.5) is 0 Å². The van der Waals surface area contributed by atoms with Crippen LogP contribution in [0.25, 0.3) is 21.9 Å². The Morgan fingerprint density at radius 1 is 0.962 bits per heavy atom. The third-order valence-corrected chi connectivity index (χ3v) is 4.86. The number of fused-ring (bicyclic) bond motifs is 2. The second-order valence-corrected chi connectivity index (χ2v) is 7.85. The van der Waals surface area contributed by atoms with Crippen molar-refractivity contribution in [3.05, 3.63) is 45.0 Å². The van der Waals surface area contributed by atoms with Crippen molar-refractivity contribution in [2.24, 2.45) is 0 Å². The van der Waals surface area contributed by atoms with E-state index in [1.165, 1.54) is 6.07 Å². The normalized spacial score (nSPS) is 12.3. The van der Waals surface area contributed by atoms with Gasteiger partial charge in [0.05, 0.1) is 26.1 Å². The number of benzene rings is 1. The molecule has 0 aliphatic rings. The summed E-state index contributed by atoms with van der Waals surface area (Å²) < 4.78 is 43.2. The Balaban J connectivity index is 1.96. The number of aryl methyl sites for hydroxylation is 3. The van der Waals surface area contributed by atoms with Gasteiger partial charge in [-0.3, -0.25) is 4.18 Å². The molecule has 0 bridgehead atoms. The minimum atomic E-state index is -3.50. The molecule has 0 saturated heterocycles. The van der Waals surface area contributed by atoms with Gasteiger partial charge in [-0.1, -0.05) is 0 Å². The van der Waals surface area contributed by atoms with Gasteiger partial charge in [-0.05, 0) is 38.0 Å². The maximum Gasteiger partial charge on any atom is 0.336 e. The zero-order valence-corrected chi connectivity index (χ0v) is 15.9. The Morgan fingerprint density at radius 2 is 1.65 bits per heavy atom. The van der Waals surface area contributed by atoms with Gasteiger partial charge < -0.3 is 13.6 Å². The van der Waals surface area contributed by atoms with Crippen LogP contribution in [0.15, 0.2) is 25.8 Å². The van der Waals surface area contributed by atoms with E-state index in [-0.39, 0.29) is 19.8 Å². The molecule has 0 unspecified atom stereocenters. The monoisotopic (exact) mass is 380 g/mol. The lowest BCUT2D eigenvalue weighted by Crippen LogP contribution is -2.10. The predicted octanol–water partition coefficient (Wildman–Crippen LogP) is 2.96. The molecule has 0 amide bonds. The second kappa shape index (κ2) is 6.86. The molecular weight excluding hydrogens is 360 g/mol. The van der Waals surface area contributed by atoms with Crippen LogP contribution in [0.5, 0.6) is 0 Å². The molecule has 3 aromatic rings. The van der Waals surface area contributed by atoms with E-state index < -0.39 is 15.7 Å². The molecule has 0 radical (unpaired) electrons. The summed E-state index contributed by atoms with van der Waals surface area (Å²) in [4.78, 5) is 11.9. The van der Waals surface area contributed by atoms with Crippen LogP contribution in [0, 0.1) is 20.8 Å². The third kappa shape index (κ3) is 3.67. The molecule has 2 aromatic heterocycles. The van der Waals surface area contributed by atoms with Gasteiger partial charge in [-0.25, -0.2) is 4.79 Å². The van der Waals surface area contributed by atoms with Crippen molar-refractivity contribution >= 4 is 32.1 Å². The average molecular weight is 380 g/mol. The molecule has 3 rings (SSSR count). The standard InChI is InChI=1S/C18H20O7S/c1-10-12(3)24-17-11(2)18-15(8-14(10)17)13(7-16(19)25-18)9-22-5-6-23-26(4,20)21/h7-8H,5-6,9H2,1-4H3. The summed E-state index contributed by atoms with van der Waals surface area (Å²) in [5.41, 5.74) is 3.14. The van der Waals surface area contributed by atoms with Crippen LogP contribution in [0.3, 0.4) is 0 Å². The van der Waals surface area contributed by atoms with Crippen molar-refractivity contribution < 1.29 is 26.2 Å². The lowest BCUT2D eigenvalue weighted by Gasteiger charge is -2.09. The topological polar surface area (TPSA) is 95.9 Å². The van der Waals surface area contributed by atoms with Gasteiger partial charge in [-0.15, -0.1) is 0 Å². The molecule has 7 nitrogen and oxygen atoms in total. The van der Waals surface area contributed by atoms with E-state index in [9.17, 15) is 13.2 Å². The fourth-order valence-corrected chi connectivity index (χ4v) is 3.25. The van der Waals surface area contributed by atoms with Gasteiger partial charge in [0.1, 0.15) is 16.9 Å². The van der Waals surface area contributed by atoms with Crippen molar-refractivity contribution in [2.75, 3.05) is 19.5 Å². The Morgan fingerprint density at radius 3 is 2.35 bits per heavy atom. The first kappa shape index (κ1) is 18.6. The molecule has 0 fully saturated rings. The number of hydrogen-bond donors (Lipinski definition) is 0. The Bertz CT molecular complexity index is 1140. The summed E-state index contributed by atoms with van der Waals surface area (Å²) in [6.45, 7) is 5.85. The molecule has 8 heteroatoms. The second-order valence-electron chi connectivity index (χ2n) is 6.21. The molecule has 0 aliphatic carbocycles. The van der Waals surface area contributed by atoms with E-state index in [4.69, 9.17) is 13.6 Å². The first-order valence-corrected chi connectivity index (χ1v) is 9.87. The molecule has 0 aliphatic heterocycles. The Hall–Kier alpha value is -2.16. The summed E-state index contributed by atoms with van der Waals surface area (Å²) in [5, 5.41) is 1.73. The highest BCUT2D eigenvalue weighted by Crippen LogP contribution is 2.34. The van der Waals surface area contributed by atoms with Gasteiger partial charge in [0.2, 0.25) is 0 Å². The number of hydrogen-bond acceptors (Lipinski definition) is 7. The average Bonchev–Trinajstić information content (AvgIpc) is 2.83. The van der Waals surface area contributed by atoms with E-state index >= 15 is 0 Å². The Labute approximate surface area is 150 Å². The first-order chi connectivity index (χ1) is 12.2. The summed E-state index contributed by atoms with van der Waals surface area (Å²) in [5.74, 6) is 0.816. The highest BCUT2D eigenvalue weighted by Gasteiger charge is 2.16. The third-order valence-electron chi connectivity index (χ3n) is 4.27. The van der Waals surface area contributed by atoms with Crippen molar-refractivity contribution in [3.8, 4) is 0 Å². The fraction of sp³-hybridized carbons (Fsp3) is 0.389. The van der Waals surface area contributed by atoms with Crippen molar-refractivity contribution in [1.82, 2.24) is 0 Å². The summed E-state index contributed by atoms with van der Waals surface area (Å²) in [6.07, 6.45) is 0.978. The van der Waals surface area contributed by atoms with Gasteiger partial charge in [0.15, 0.2) is 0 Å².